The van der Waals surface area contributed by atoms with E-state index in [4.69, 9.17) is 0 Å². The summed E-state index contributed by atoms with van der Waals surface area (Å²) in [6.07, 6.45) is 18.4. The van der Waals surface area contributed by atoms with E-state index in [0.717, 1.165) is 40.6 Å². The van der Waals surface area contributed by atoms with Crippen LogP contribution in [-0.4, -0.2) is 4.90 Å². The molecule has 4 rings (SSSR count). The summed E-state index contributed by atoms with van der Waals surface area (Å²) in [6.45, 7) is 8.90. The molecule has 0 amide bonds. The van der Waals surface area contributed by atoms with Gasteiger partial charge < -0.3 is 4.90 Å². The zero-order valence-corrected chi connectivity index (χ0v) is 21.6. The minimum absolute atomic E-state index is 0.983. The van der Waals surface area contributed by atoms with Crippen molar-refractivity contribution in [3.05, 3.63) is 124 Å². The molecule has 0 aromatic heterocycles. The Hall–Kier alpha value is -2.81. The molecule has 1 heterocycles. The lowest BCUT2D eigenvalue weighted by atomic mass is 10.0. The summed E-state index contributed by atoms with van der Waals surface area (Å²) < 4.78 is 0.983. The minimum Gasteiger partial charge on any atom is -0.307 e. The first-order valence-corrected chi connectivity index (χ1v) is 13.1. The molecule has 1 aliphatic carbocycles. The smallest absolute Gasteiger partial charge is 0.0888 e. The maximum atomic E-state index is 4.54. The third-order valence-corrected chi connectivity index (χ3v) is 6.97. The van der Waals surface area contributed by atoms with Crippen molar-refractivity contribution in [2.24, 2.45) is 0 Å². The second-order valence-corrected chi connectivity index (χ2v) is 9.24. The number of alkyl halides is 1. The Balaban J connectivity index is 1.71. The average Bonchev–Trinajstić information content (AvgIpc) is 2.99. The second kappa shape index (κ2) is 10.9. The first-order chi connectivity index (χ1) is 16.1. The standard InChI is InChI=1S/C31H30IN/c1-4-23(2)20-26-12-10-25(11-13-26)15-18-30-19-17-28-16-14-27(22-32)21-31(28)24(3)33(30)29-8-6-5-7-9-29/h5-6,8,10-18,20-21H,3-4,7,9,22H2,1-2H3/b18-15+,23-20+. The highest BCUT2D eigenvalue weighted by atomic mass is 127. The SMILES string of the molecule is C=C1c2cc(CI)ccc2C=C=C(/C=C/c2ccc(/C=C(\C)CC)cc2)N1C1=CC=CCC1. The van der Waals surface area contributed by atoms with Crippen molar-refractivity contribution < 1.29 is 0 Å². The number of halogens is 1. The predicted octanol–water partition coefficient (Wildman–Crippen LogP) is 9.16. The molecule has 0 saturated heterocycles. The lowest BCUT2D eigenvalue weighted by molar-refractivity contribution is 0.585. The largest absolute Gasteiger partial charge is 0.307 e. The summed E-state index contributed by atoms with van der Waals surface area (Å²) in [5, 5.41) is 0. The maximum absolute atomic E-state index is 4.54. The Morgan fingerprint density at radius 2 is 1.91 bits per heavy atom. The van der Waals surface area contributed by atoms with Crippen LogP contribution in [0.1, 0.15) is 60.9 Å². The number of hydrogen-bond acceptors (Lipinski definition) is 1. The third kappa shape index (κ3) is 5.58. The van der Waals surface area contributed by atoms with Gasteiger partial charge in [0.25, 0.3) is 0 Å². The van der Waals surface area contributed by atoms with E-state index in [1.807, 2.05) is 0 Å². The van der Waals surface area contributed by atoms with Gasteiger partial charge in [-0.15, -0.1) is 0 Å². The van der Waals surface area contributed by atoms with E-state index in [-0.39, 0.29) is 0 Å². The molecule has 1 nitrogen and oxygen atoms in total. The molecule has 2 aromatic rings. The highest BCUT2D eigenvalue weighted by Crippen LogP contribution is 2.35. The number of nitrogens with zero attached hydrogens (tertiary/aromatic N) is 1. The van der Waals surface area contributed by atoms with Crippen molar-refractivity contribution in [1.82, 2.24) is 4.90 Å². The quantitative estimate of drug-likeness (QED) is 0.200. The van der Waals surface area contributed by atoms with Gasteiger partial charge >= 0.3 is 0 Å². The summed E-state index contributed by atoms with van der Waals surface area (Å²) in [5.74, 6) is 0. The van der Waals surface area contributed by atoms with Crippen molar-refractivity contribution in [1.29, 1.82) is 0 Å². The predicted molar refractivity (Wildman–Crippen MR) is 152 cm³/mol. The Kier molecular flexibility index (Phi) is 7.69. The highest BCUT2D eigenvalue weighted by Gasteiger charge is 2.21. The van der Waals surface area contributed by atoms with Crippen LogP contribution in [0.4, 0.5) is 0 Å². The van der Waals surface area contributed by atoms with Crippen LogP contribution in [0.5, 0.6) is 0 Å². The van der Waals surface area contributed by atoms with E-state index in [9.17, 15) is 0 Å². The molecule has 1 aliphatic heterocycles. The fraction of sp³-hybridized carbons (Fsp3) is 0.194. The van der Waals surface area contributed by atoms with E-state index >= 15 is 0 Å². The van der Waals surface area contributed by atoms with Crippen molar-refractivity contribution in [2.75, 3.05) is 0 Å². The van der Waals surface area contributed by atoms with Gasteiger partial charge in [0.05, 0.1) is 5.70 Å². The van der Waals surface area contributed by atoms with Crippen LogP contribution in [0.25, 0.3) is 23.9 Å². The van der Waals surface area contributed by atoms with Crippen LogP contribution in [-0.2, 0) is 4.43 Å². The number of allylic oxidation sites excluding steroid dienone is 6. The number of rotatable bonds is 6. The van der Waals surface area contributed by atoms with E-state index in [2.05, 4.69) is 139 Å². The van der Waals surface area contributed by atoms with Crippen molar-refractivity contribution >= 4 is 46.5 Å². The number of fused-ring (bicyclic) bond motifs is 1. The van der Waals surface area contributed by atoms with Crippen molar-refractivity contribution in [3.8, 4) is 0 Å². The summed E-state index contributed by atoms with van der Waals surface area (Å²) in [7, 11) is 0. The Bertz CT molecular complexity index is 1230. The zero-order chi connectivity index (χ0) is 23.2. The van der Waals surface area contributed by atoms with Gasteiger partial charge in [-0.1, -0.05) is 108 Å². The molecular weight excluding hydrogens is 513 g/mol. The average molecular weight is 543 g/mol. The minimum atomic E-state index is 0.983. The monoisotopic (exact) mass is 543 g/mol. The Morgan fingerprint density at radius 1 is 1.12 bits per heavy atom. The van der Waals surface area contributed by atoms with Gasteiger partial charge in [0.15, 0.2) is 0 Å². The molecule has 33 heavy (non-hydrogen) atoms. The molecule has 0 fully saturated rings. The molecule has 0 bridgehead atoms. The molecule has 2 aromatic carbocycles. The molecule has 0 atom stereocenters. The fourth-order valence-electron chi connectivity index (χ4n) is 4.04. The molecule has 2 heteroatoms. The Morgan fingerprint density at radius 3 is 2.61 bits per heavy atom. The number of hydrogen-bond donors (Lipinski definition) is 0. The lowest BCUT2D eigenvalue weighted by Gasteiger charge is -2.30. The third-order valence-electron chi connectivity index (χ3n) is 6.09. The molecule has 0 unspecified atom stereocenters. The molecule has 166 valence electrons. The number of benzene rings is 2. The molecule has 0 N–H and O–H groups in total. The normalized spacial score (nSPS) is 16.0. The molecule has 0 saturated carbocycles. The molecule has 0 spiro atoms. The van der Waals surface area contributed by atoms with Gasteiger partial charge in [-0.3, -0.25) is 0 Å². The molecular formula is C31H30IN. The second-order valence-electron chi connectivity index (χ2n) is 8.48. The van der Waals surface area contributed by atoms with Crippen molar-refractivity contribution in [3.63, 3.8) is 0 Å². The van der Waals surface area contributed by atoms with Gasteiger partial charge in [0.1, 0.15) is 0 Å². The van der Waals surface area contributed by atoms with E-state index in [0.29, 0.717) is 0 Å². The van der Waals surface area contributed by atoms with E-state index in [1.54, 1.807) is 0 Å². The van der Waals surface area contributed by atoms with Crippen LogP contribution < -0.4 is 0 Å². The van der Waals surface area contributed by atoms with Gasteiger partial charge in [0.2, 0.25) is 0 Å². The summed E-state index contributed by atoms with van der Waals surface area (Å²) >= 11 is 2.42. The van der Waals surface area contributed by atoms with E-state index in [1.165, 1.54) is 33.5 Å². The summed E-state index contributed by atoms with van der Waals surface area (Å²) in [5.41, 5.74) is 14.3. The summed E-state index contributed by atoms with van der Waals surface area (Å²) in [6, 6.07) is 15.4. The first kappa shape index (κ1) is 23.4. The summed E-state index contributed by atoms with van der Waals surface area (Å²) in [4.78, 5) is 2.28. The fourth-order valence-corrected chi connectivity index (χ4v) is 4.51. The first-order valence-electron chi connectivity index (χ1n) is 11.5. The topological polar surface area (TPSA) is 3.24 Å². The van der Waals surface area contributed by atoms with Crippen LogP contribution >= 0.6 is 22.6 Å². The van der Waals surface area contributed by atoms with Crippen LogP contribution in [0.15, 0.2) is 96.0 Å². The lowest BCUT2D eigenvalue weighted by Crippen LogP contribution is -2.20. The van der Waals surface area contributed by atoms with Gasteiger partial charge in [-0.2, -0.15) is 0 Å². The van der Waals surface area contributed by atoms with Gasteiger partial charge in [0, 0.05) is 21.4 Å². The molecule has 2 aliphatic rings. The van der Waals surface area contributed by atoms with Gasteiger partial charge in [-0.25, -0.2) is 0 Å². The highest BCUT2D eigenvalue weighted by molar-refractivity contribution is 14.1. The van der Waals surface area contributed by atoms with Crippen LogP contribution in [0.2, 0.25) is 0 Å². The van der Waals surface area contributed by atoms with E-state index < -0.39 is 0 Å². The maximum Gasteiger partial charge on any atom is 0.0888 e. The van der Waals surface area contributed by atoms with Crippen molar-refractivity contribution in [2.45, 2.75) is 37.5 Å². The van der Waals surface area contributed by atoms with Crippen LogP contribution in [0, 0.1) is 0 Å². The Labute approximate surface area is 212 Å². The molecule has 0 radical (unpaired) electrons. The zero-order valence-electron chi connectivity index (χ0n) is 19.4. The van der Waals surface area contributed by atoms with Gasteiger partial charge in [-0.05, 0) is 72.7 Å². The van der Waals surface area contributed by atoms with Crippen LogP contribution in [0.3, 0.4) is 0 Å².